The minimum absolute atomic E-state index is 0.0195. The minimum atomic E-state index is -3.04. The van der Waals surface area contributed by atoms with Crippen LogP contribution < -0.4 is 10.2 Å². The van der Waals surface area contributed by atoms with Gasteiger partial charge in [0.1, 0.15) is 5.65 Å². The maximum absolute atomic E-state index is 13.5. The molecule has 4 aliphatic heterocycles. The molecule has 1 atom stereocenters. The molecule has 0 saturated carbocycles. The number of aliphatic imine (C=N–C) groups is 1. The number of amides is 2. The molecule has 202 valence electrons. The first-order chi connectivity index (χ1) is 19.3. The lowest BCUT2D eigenvalue weighted by Crippen LogP contribution is -2.47. The Morgan fingerprint density at radius 1 is 1.02 bits per heavy atom. The molecule has 3 aromatic rings. The number of aromatic nitrogens is 2. The minimum Gasteiger partial charge on any atom is -0.335 e. The smallest absolute Gasteiger partial charge is 0.261 e. The van der Waals surface area contributed by atoms with Gasteiger partial charge in [0.05, 0.1) is 58.5 Å². The highest BCUT2D eigenvalue weighted by Gasteiger charge is 2.41. The molecule has 2 aromatic heterocycles. The number of ketones is 1. The standard InChI is InChI=1S/C28H24N6O5S/c35-21(16-32-10-12-40(38,39)13-11-32)19-14-17-4-3-5-18-25(29-7-9-34(19)26(17)18)24-23(27(36)31-28(24)37)20-15-30-22-6-1-2-8-33(20)22/h1-9,15,19H,10-14,16H2,(H,31,36,37). The molecule has 12 heteroatoms. The Morgan fingerprint density at radius 2 is 1.82 bits per heavy atom. The molecule has 7 rings (SSSR count). The molecule has 2 amide bonds. The number of nitrogens with one attached hydrogen (secondary N) is 1. The van der Waals surface area contributed by atoms with E-state index >= 15 is 0 Å². The van der Waals surface area contributed by atoms with Gasteiger partial charge in [-0.2, -0.15) is 0 Å². The monoisotopic (exact) mass is 556 g/mol. The number of rotatable bonds is 5. The molecular formula is C28H24N6O5S. The van der Waals surface area contributed by atoms with E-state index in [4.69, 9.17) is 0 Å². The fraction of sp³-hybridized carbons (Fsp3) is 0.250. The van der Waals surface area contributed by atoms with E-state index in [1.165, 1.54) is 0 Å². The SMILES string of the molecule is O=C1NC(=O)C(c2cnc3ccccn23)=C1C1=NC=CN2c3c(cccc31)CC2C(=O)CN1CCS(=O)(=O)CC1. The van der Waals surface area contributed by atoms with Crippen LogP contribution in [-0.4, -0.2) is 83.2 Å². The van der Waals surface area contributed by atoms with Gasteiger partial charge in [-0.3, -0.25) is 34.0 Å². The molecule has 1 saturated heterocycles. The summed E-state index contributed by atoms with van der Waals surface area (Å²) >= 11 is 0. The van der Waals surface area contributed by atoms with Crippen molar-refractivity contribution in [1.82, 2.24) is 19.6 Å². The molecule has 11 nitrogen and oxygen atoms in total. The molecule has 1 unspecified atom stereocenters. The second-order valence-corrected chi connectivity index (χ2v) is 12.5. The van der Waals surface area contributed by atoms with E-state index in [9.17, 15) is 22.8 Å². The predicted octanol–water partition coefficient (Wildman–Crippen LogP) is 0.749. The van der Waals surface area contributed by atoms with Crippen LogP contribution >= 0.6 is 0 Å². The second kappa shape index (κ2) is 9.07. The summed E-state index contributed by atoms with van der Waals surface area (Å²) in [5.74, 6) is -0.979. The summed E-state index contributed by atoms with van der Waals surface area (Å²) in [6.45, 7) is 0.832. The molecule has 1 N–H and O–H groups in total. The van der Waals surface area contributed by atoms with Crippen molar-refractivity contribution in [3.05, 3.63) is 83.6 Å². The van der Waals surface area contributed by atoms with Gasteiger partial charge in [0.25, 0.3) is 11.8 Å². The summed E-state index contributed by atoms with van der Waals surface area (Å²) in [5.41, 5.74) is 4.14. The quantitative estimate of drug-likeness (QED) is 0.455. The van der Waals surface area contributed by atoms with Crippen LogP contribution in [0.15, 0.2) is 71.8 Å². The topological polar surface area (TPSA) is 134 Å². The largest absolute Gasteiger partial charge is 0.335 e. The van der Waals surface area contributed by atoms with E-state index in [0.29, 0.717) is 42.1 Å². The maximum Gasteiger partial charge on any atom is 0.261 e. The summed E-state index contributed by atoms with van der Waals surface area (Å²) in [6, 6.07) is 10.6. The van der Waals surface area contributed by atoms with Gasteiger partial charge in [-0.25, -0.2) is 13.4 Å². The summed E-state index contributed by atoms with van der Waals surface area (Å²) < 4.78 is 25.4. The van der Waals surface area contributed by atoms with Gasteiger partial charge in [0.2, 0.25) is 0 Å². The number of nitrogens with zero attached hydrogens (tertiary/aromatic N) is 5. The number of para-hydroxylation sites is 1. The van der Waals surface area contributed by atoms with Crippen molar-refractivity contribution in [3.8, 4) is 0 Å². The first-order valence-electron chi connectivity index (χ1n) is 12.9. The number of imidazole rings is 1. The first-order valence-corrected chi connectivity index (χ1v) is 14.8. The van der Waals surface area contributed by atoms with E-state index in [1.807, 2.05) is 46.2 Å². The molecule has 40 heavy (non-hydrogen) atoms. The van der Waals surface area contributed by atoms with E-state index in [2.05, 4.69) is 15.3 Å². The van der Waals surface area contributed by atoms with Crippen molar-refractivity contribution in [2.24, 2.45) is 4.99 Å². The van der Waals surface area contributed by atoms with Gasteiger partial charge < -0.3 is 4.90 Å². The van der Waals surface area contributed by atoms with Crippen LogP contribution in [0.5, 0.6) is 0 Å². The summed E-state index contributed by atoms with van der Waals surface area (Å²) in [5, 5.41) is 2.42. The zero-order valence-electron chi connectivity index (χ0n) is 21.3. The van der Waals surface area contributed by atoms with Gasteiger partial charge in [-0.15, -0.1) is 0 Å². The third kappa shape index (κ3) is 3.90. The van der Waals surface area contributed by atoms with Crippen LogP contribution in [0, 0.1) is 0 Å². The molecule has 0 radical (unpaired) electrons. The van der Waals surface area contributed by atoms with E-state index < -0.39 is 27.7 Å². The number of fused-ring (bicyclic) bond motifs is 1. The molecule has 4 aliphatic rings. The van der Waals surface area contributed by atoms with Gasteiger partial charge >= 0.3 is 0 Å². The lowest BCUT2D eigenvalue weighted by molar-refractivity contribution is -0.123. The number of hydrogen-bond acceptors (Lipinski definition) is 9. The summed E-state index contributed by atoms with van der Waals surface area (Å²) in [7, 11) is -3.04. The van der Waals surface area contributed by atoms with Crippen molar-refractivity contribution in [3.63, 3.8) is 0 Å². The van der Waals surface area contributed by atoms with Gasteiger partial charge in [-0.05, 0) is 17.7 Å². The molecule has 6 heterocycles. The Labute approximate surface area is 229 Å². The average Bonchev–Trinajstić information content (AvgIpc) is 3.56. The van der Waals surface area contributed by atoms with Crippen LogP contribution in [0.25, 0.3) is 11.2 Å². The Hall–Kier alpha value is -4.42. The van der Waals surface area contributed by atoms with Crippen LogP contribution in [0.4, 0.5) is 5.69 Å². The highest BCUT2D eigenvalue weighted by Crippen LogP contribution is 2.40. The molecule has 0 aliphatic carbocycles. The average molecular weight is 557 g/mol. The highest BCUT2D eigenvalue weighted by atomic mass is 32.2. The van der Waals surface area contributed by atoms with E-state index in [1.54, 1.807) is 29.2 Å². The van der Waals surface area contributed by atoms with Crippen molar-refractivity contribution >= 4 is 50.1 Å². The van der Waals surface area contributed by atoms with E-state index in [0.717, 1.165) is 11.3 Å². The fourth-order valence-electron chi connectivity index (χ4n) is 5.89. The third-order valence-corrected chi connectivity index (χ3v) is 9.45. The van der Waals surface area contributed by atoms with Crippen LogP contribution in [0.1, 0.15) is 16.8 Å². The molecular weight excluding hydrogens is 532 g/mol. The van der Waals surface area contributed by atoms with Crippen LogP contribution in [0.3, 0.4) is 0 Å². The Balaban J connectivity index is 1.27. The predicted molar refractivity (Wildman–Crippen MR) is 147 cm³/mol. The zero-order valence-corrected chi connectivity index (χ0v) is 22.1. The third-order valence-electron chi connectivity index (χ3n) is 7.84. The number of hydrogen-bond donors (Lipinski definition) is 1. The van der Waals surface area contributed by atoms with Gasteiger partial charge in [-0.1, -0.05) is 24.3 Å². The fourth-order valence-corrected chi connectivity index (χ4v) is 7.16. The molecule has 1 fully saturated rings. The number of sulfone groups is 1. The number of anilines is 1. The van der Waals surface area contributed by atoms with Gasteiger partial charge in [0.15, 0.2) is 15.6 Å². The Kier molecular flexibility index (Phi) is 5.58. The highest BCUT2D eigenvalue weighted by molar-refractivity contribution is 7.91. The van der Waals surface area contributed by atoms with Crippen LogP contribution in [-0.2, 0) is 30.6 Å². The molecule has 0 spiro atoms. The summed E-state index contributed by atoms with van der Waals surface area (Å²) in [6.07, 6.45) is 7.10. The lowest BCUT2D eigenvalue weighted by Gasteiger charge is -2.29. The zero-order chi connectivity index (χ0) is 27.6. The van der Waals surface area contributed by atoms with Crippen molar-refractivity contribution < 1.29 is 22.8 Å². The van der Waals surface area contributed by atoms with Crippen molar-refractivity contribution in [2.45, 2.75) is 12.5 Å². The Morgan fingerprint density at radius 3 is 2.65 bits per heavy atom. The van der Waals surface area contributed by atoms with Crippen LogP contribution in [0.2, 0.25) is 0 Å². The number of carbonyl (C=O) groups excluding carboxylic acids is 3. The van der Waals surface area contributed by atoms with Crippen molar-refractivity contribution in [1.29, 1.82) is 0 Å². The first kappa shape index (κ1) is 24.6. The number of carbonyl (C=O) groups is 3. The number of Topliss-reactive ketones (excluding diaryl/α,β-unsaturated/α-hetero) is 1. The normalized spacial score (nSPS) is 21.9. The maximum atomic E-state index is 13.5. The number of pyridine rings is 1. The van der Waals surface area contributed by atoms with Crippen molar-refractivity contribution in [2.75, 3.05) is 36.0 Å². The summed E-state index contributed by atoms with van der Waals surface area (Å²) in [4.78, 5) is 52.6. The van der Waals surface area contributed by atoms with E-state index in [-0.39, 0.29) is 35.0 Å². The van der Waals surface area contributed by atoms with Gasteiger partial charge in [0, 0.05) is 43.7 Å². The second-order valence-electron chi connectivity index (χ2n) is 10.2. The lowest BCUT2D eigenvalue weighted by atomic mass is 9.94. The molecule has 1 aromatic carbocycles. The number of benzene rings is 1. The number of imide groups is 1. The molecule has 0 bridgehead atoms. The Bertz CT molecular complexity index is 1820.